The van der Waals surface area contributed by atoms with Crippen molar-refractivity contribution in [1.82, 2.24) is 0 Å². The normalized spacial score (nSPS) is 11.1. The Morgan fingerprint density at radius 1 is 1.00 bits per heavy atom. The van der Waals surface area contributed by atoms with Crippen LogP contribution in [0.1, 0.15) is 41.5 Å². The second-order valence-electron chi connectivity index (χ2n) is 4.41. The molecule has 0 spiro atoms. The van der Waals surface area contributed by atoms with Crippen molar-refractivity contribution in [3.05, 3.63) is 23.3 Å². The van der Waals surface area contributed by atoms with E-state index in [1.807, 2.05) is 0 Å². The lowest BCUT2D eigenvalue weighted by molar-refractivity contribution is 0.505. The third kappa shape index (κ3) is 2.92. The molecule has 0 aromatic heterocycles. The van der Waals surface area contributed by atoms with Gasteiger partial charge in [-0.25, -0.2) is 0 Å². The van der Waals surface area contributed by atoms with Crippen LogP contribution in [0.2, 0.25) is 0 Å². The van der Waals surface area contributed by atoms with Gasteiger partial charge in [-0.05, 0) is 31.8 Å². The second-order valence-corrected chi connectivity index (χ2v) is 4.41. The van der Waals surface area contributed by atoms with Gasteiger partial charge in [0, 0.05) is 0 Å². The molecule has 0 radical (unpaired) electrons. The monoisotopic (exact) mass is 152 g/mol. The molecule has 0 fully saturated rings. The largest absolute Gasteiger partial charge is 0.0958 e. The highest BCUT2D eigenvalue weighted by molar-refractivity contribution is 5.34. The Kier molecular flexibility index (Phi) is 3.10. The molecule has 0 aliphatic carbocycles. The van der Waals surface area contributed by atoms with Gasteiger partial charge in [-0.1, -0.05) is 38.5 Å². The van der Waals surface area contributed by atoms with Gasteiger partial charge in [-0.3, -0.25) is 0 Å². The summed E-state index contributed by atoms with van der Waals surface area (Å²) in [6.45, 7) is 17.0. The van der Waals surface area contributed by atoms with Crippen LogP contribution in [0.15, 0.2) is 23.3 Å². The van der Waals surface area contributed by atoms with E-state index in [-0.39, 0.29) is 5.41 Å². The van der Waals surface area contributed by atoms with E-state index in [4.69, 9.17) is 0 Å². The molecule has 0 saturated heterocycles. The van der Waals surface area contributed by atoms with Gasteiger partial charge in [0.1, 0.15) is 0 Å². The van der Waals surface area contributed by atoms with E-state index in [9.17, 15) is 0 Å². The summed E-state index contributed by atoms with van der Waals surface area (Å²) in [5.74, 6) is 0. The maximum Gasteiger partial charge on any atom is -0.0130 e. The molecule has 0 atom stereocenters. The topological polar surface area (TPSA) is 0 Å². The minimum Gasteiger partial charge on any atom is -0.0958 e. The summed E-state index contributed by atoms with van der Waals surface area (Å²) in [5, 5.41) is 0. The van der Waals surface area contributed by atoms with Crippen molar-refractivity contribution in [3.63, 3.8) is 0 Å². The molecule has 0 amide bonds. The second kappa shape index (κ2) is 3.25. The van der Waals surface area contributed by atoms with Gasteiger partial charge < -0.3 is 0 Å². The molecule has 0 aromatic rings. The quantitative estimate of drug-likeness (QED) is 0.499. The fraction of sp³-hybridized carbons (Fsp3) is 0.636. The van der Waals surface area contributed by atoms with Gasteiger partial charge in [0.05, 0.1) is 0 Å². The SMILES string of the molecule is C=C(C)C(=C(C)C)C(C)(C)C. The molecule has 0 heteroatoms. The van der Waals surface area contributed by atoms with E-state index in [1.54, 1.807) is 0 Å². The Morgan fingerprint density at radius 2 is 1.36 bits per heavy atom. The Hall–Kier alpha value is -0.520. The van der Waals surface area contributed by atoms with Crippen molar-refractivity contribution in [3.8, 4) is 0 Å². The average Bonchev–Trinajstić information content (AvgIpc) is 1.54. The smallest absolute Gasteiger partial charge is 0.0130 e. The molecule has 0 aromatic carbocycles. The van der Waals surface area contributed by atoms with E-state index < -0.39 is 0 Å². The summed E-state index contributed by atoms with van der Waals surface area (Å²) < 4.78 is 0. The first-order chi connectivity index (χ1) is 4.76. The molecule has 0 rings (SSSR count). The van der Waals surface area contributed by atoms with Gasteiger partial charge in [0.2, 0.25) is 0 Å². The highest BCUT2D eigenvalue weighted by atomic mass is 14.2. The van der Waals surface area contributed by atoms with Crippen LogP contribution in [-0.4, -0.2) is 0 Å². The predicted octanol–water partition coefficient (Wildman–Crippen LogP) is 3.95. The van der Waals surface area contributed by atoms with E-state index in [0.717, 1.165) is 0 Å². The highest BCUT2D eigenvalue weighted by Crippen LogP contribution is 2.32. The van der Waals surface area contributed by atoms with Gasteiger partial charge in [-0.15, -0.1) is 0 Å². The molecular weight excluding hydrogens is 132 g/mol. The van der Waals surface area contributed by atoms with Crippen LogP contribution in [0.5, 0.6) is 0 Å². The van der Waals surface area contributed by atoms with Crippen molar-refractivity contribution in [2.75, 3.05) is 0 Å². The molecule has 64 valence electrons. The van der Waals surface area contributed by atoms with E-state index >= 15 is 0 Å². The predicted molar refractivity (Wildman–Crippen MR) is 52.6 cm³/mol. The van der Waals surface area contributed by atoms with Crippen LogP contribution in [0.25, 0.3) is 0 Å². The van der Waals surface area contributed by atoms with Gasteiger partial charge >= 0.3 is 0 Å². The van der Waals surface area contributed by atoms with Gasteiger partial charge in [0.15, 0.2) is 0 Å². The number of rotatable bonds is 1. The summed E-state index contributed by atoms with van der Waals surface area (Å²) in [6.07, 6.45) is 0. The standard InChI is InChI=1S/C11H20/c1-8(2)10(9(3)4)11(5,6)7/h1H2,2-7H3. The molecule has 0 aliphatic rings. The van der Waals surface area contributed by atoms with Crippen molar-refractivity contribution in [2.24, 2.45) is 5.41 Å². The highest BCUT2D eigenvalue weighted by Gasteiger charge is 2.18. The number of allylic oxidation sites excluding steroid dienone is 3. The first kappa shape index (κ1) is 10.5. The Balaban J connectivity index is 4.96. The first-order valence-corrected chi connectivity index (χ1v) is 4.10. The third-order valence-corrected chi connectivity index (χ3v) is 1.68. The molecular formula is C11H20. The molecule has 0 aliphatic heterocycles. The Labute approximate surface area is 71.0 Å². The fourth-order valence-electron chi connectivity index (χ4n) is 1.82. The molecule has 0 bridgehead atoms. The zero-order valence-corrected chi connectivity index (χ0v) is 8.71. The van der Waals surface area contributed by atoms with Crippen molar-refractivity contribution >= 4 is 0 Å². The molecule has 0 saturated carbocycles. The fourth-order valence-corrected chi connectivity index (χ4v) is 1.82. The number of hydrogen-bond acceptors (Lipinski definition) is 0. The third-order valence-electron chi connectivity index (χ3n) is 1.68. The summed E-state index contributed by atoms with van der Waals surface area (Å²) in [7, 11) is 0. The van der Waals surface area contributed by atoms with E-state index in [2.05, 4.69) is 48.1 Å². The van der Waals surface area contributed by atoms with Gasteiger partial charge in [-0.2, -0.15) is 0 Å². The lowest BCUT2D eigenvalue weighted by Crippen LogP contribution is -2.11. The summed E-state index contributed by atoms with van der Waals surface area (Å²) in [5.41, 5.74) is 4.21. The van der Waals surface area contributed by atoms with E-state index in [1.165, 1.54) is 16.7 Å². The molecule has 0 nitrogen and oxygen atoms in total. The van der Waals surface area contributed by atoms with Crippen molar-refractivity contribution < 1.29 is 0 Å². The van der Waals surface area contributed by atoms with Crippen LogP contribution in [0, 0.1) is 5.41 Å². The molecule has 11 heavy (non-hydrogen) atoms. The minimum atomic E-state index is 0.241. The maximum atomic E-state index is 3.99. The zero-order chi connectivity index (χ0) is 9.23. The van der Waals surface area contributed by atoms with Crippen molar-refractivity contribution in [2.45, 2.75) is 41.5 Å². The average molecular weight is 152 g/mol. The number of hydrogen-bond donors (Lipinski definition) is 0. The van der Waals surface area contributed by atoms with Crippen LogP contribution in [-0.2, 0) is 0 Å². The van der Waals surface area contributed by atoms with Crippen LogP contribution < -0.4 is 0 Å². The Morgan fingerprint density at radius 3 is 1.36 bits per heavy atom. The summed E-state index contributed by atoms with van der Waals surface area (Å²) >= 11 is 0. The molecule has 0 N–H and O–H groups in total. The van der Waals surface area contributed by atoms with Crippen LogP contribution >= 0.6 is 0 Å². The first-order valence-electron chi connectivity index (χ1n) is 4.10. The van der Waals surface area contributed by atoms with Crippen molar-refractivity contribution in [1.29, 1.82) is 0 Å². The Bertz CT molecular complexity index is 183. The minimum absolute atomic E-state index is 0.241. The lowest BCUT2D eigenvalue weighted by atomic mass is 9.80. The van der Waals surface area contributed by atoms with Gasteiger partial charge in [0.25, 0.3) is 0 Å². The van der Waals surface area contributed by atoms with Crippen LogP contribution in [0.4, 0.5) is 0 Å². The lowest BCUT2D eigenvalue weighted by Gasteiger charge is -2.25. The van der Waals surface area contributed by atoms with E-state index in [0.29, 0.717) is 0 Å². The summed E-state index contributed by atoms with van der Waals surface area (Å²) in [4.78, 5) is 0. The zero-order valence-electron chi connectivity index (χ0n) is 8.71. The summed E-state index contributed by atoms with van der Waals surface area (Å²) in [6, 6.07) is 0. The molecule has 0 heterocycles. The maximum absolute atomic E-state index is 3.99. The van der Waals surface area contributed by atoms with Crippen LogP contribution in [0.3, 0.4) is 0 Å². The molecule has 0 unspecified atom stereocenters.